The zero-order chi connectivity index (χ0) is 13.0. The first-order valence-electron chi connectivity index (χ1n) is 5.62. The van der Waals surface area contributed by atoms with Gasteiger partial charge in [0.15, 0.2) is 5.78 Å². The van der Waals surface area contributed by atoms with Crippen molar-refractivity contribution in [1.29, 1.82) is 0 Å². The van der Waals surface area contributed by atoms with Gasteiger partial charge in [-0.1, -0.05) is 29.8 Å². The highest BCUT2D eigenvalue weighted by atomic mass is 79.9. The Morgan fingerprint density at radius 2 is 2.12 bits per heavy atom. The van der Waals surface area contributed by atoms with Gasteiger partial charge in [0.2, 0.25) is 0 Å². The number of hydrogen-bond donors (Lipinski definition) is 1. The number of nitrogens with two attached hydrogens (primary N) is 1. The Balaban J connectivity index is 3.35. The summed E-state index contributed by atoms with van der Waals surface area (Å²) in [6.45, 7) is 4.46. The highest BCUT2D eigenvalue weighted by Crippen LogP contribution is 2.33. The molecule has 0 aliphatic carbocycles. The van der Waals surface area contributed by atoms with Gasteiger partial charge in [0, 0.05) is 22.0 Å². The van der Waals surface area contributed by atoms with Crippen LogP contribution in [0.15, 0.2) is 16.6 Å². The first-order valence-corrected chi connectivity index (χ1v) is 6.41. The van der Waals surface area contributed by atoms with Crippen molar-refractivity contribution in [2.24, 2.45) is 5.73 Å². The lowest BCUT2D eigenvalue weighted by Crippen LogP contribution is -2.12. The molecular weight excluding hydrogens is 282 g/mol. The monoisotopic (exact) mass is 299 g/mol. The predicted octanol–water partition coefficient (Wildman–Crippen LogP) is 3.11. The van der Waals surface area contributed by atoms with Gasteiger partial charge >= 0.3 is 0 Å². The first kappa shape index (κ1) is 14.2. The molecule has 3 nitrogen and oxygen atoms in total. The average molecular weight is 300 g/mol. The molecule has 0 saturated heterocycles. The first-order chi connectivity index (χ1) is 8.01. The quantitative estimate of drug-likeness (QED) is 0.850. The van der Waals surface area contributed by atoms with E-state index in [2.05, 4.69) is 15.9 Å². The minimum Gasteiger partial charge on any atom is -0.496 e. The summed E-state index contributed by atoms with van der Waals surface area (Å²) in [4.78, 5) is 12.0. The summed E-state index contributed by atoms with van der Waals surface area (Å²) in [5.74, 6) is 1.04. The lowest BCUT2D eigenvalue weighted by atomic mass is 9.92. The normalized spacial score (nSPS) is 10.7. The van der Waals surface area contributed by atoms with Gasteiger partial charge in [-0.15, -0.1) is 0 Å². The van der Waals surface area contributed by atoms with Crippen LogP contribution in [0.4, 0.5) is 0 Å². The molecule has 0 amide bonds. The van der Waals surface area contributed by atoms with E-state index in [9.17, 15) is 4.79 Å². The Labute approximate surface area is 110 Å². The van der Waals surface area contributed by atoms with E-state index in [1.54, 1.807) is 7.11 Å². The van der Waals surface area contributed by atoms with Crippen molar-refractivity contribution in [3.05, 3.63) is 27.7 Å². The van der Waals surface area contributed by atoms with Crippen LogP contribution in [0.3, 0.4) is 0 Å². The standard InChI is InChI=1S/C13H18BrNO2/c1-8(2)13-10(11(16)4-5-15)6-9(14)7-12(13)17-3/h6-8H,4-5,15H2,1-3H3. The summed E-state index contributed by atoms with van der Waals surface area (Å²) >= 11 is 3.39. The third-order valence-corrected chi connectivity index (χ3v) is 3.03. The van der Waals surface area contributed by atoms with Crippen molar-refractivity contribution < 1.29 is 9.53 Å². The Morgan fingerprint density at radius 3 is 2.59 bits per heavy atom. The minimum absolute atomic E-state index is 0.0656. The maximum atomic E-state index is 12.0. The molecular formula is C13H18BrNO2. The molecule has 0 aliphatic rings. The summed E-state index contributed by atoms with van der Waals surface area (Å²) in [5, 5.41) is 0. The summed E-state index contributed by atoms with van der Waals surface area (Å²) < 4.78 is 6.19. The zero-order valence-electron chi connectivity index (χ0n) is 10.4. The smallest absolute Gasteiger partial charge is 0.164 e. The lowest BCUT2D eigenvalue weighted by Gasteiger charge is -2.16. The maximum absolute atomic E-state index is 12.0. The number of Topliss-reactive ketones (excluding diaryl/α,β-unsaturated/α-hetero) is 1. The van der Waals surface area contributed by atoms with Gasteiger partial charge in [-0.2, -0.15) is 0 Å². The lowest BCUT2D eigenvalue weighted by molar-refractivity contribution is 0.0983. The van der Waals surface area contributed by atoms with Crippen LogP contribution in [0.1, 0.15) is 42.1 Å². The molecule has 0 unspecified atom stereocenters. The number of carbonyl (C=O) groups excluding carboxylic acids is 1. The fourth-order valence-electron chi connectivity index (χ4n) is 1.85. The van der Waals surface area contributed by atoms with Gasteiger partial charge in [-0.3, -0.25) is 4.79 Å². The summed E-state index contributed by atoms with van der Waals surface area (Å²) in [5.41, 5.74) is 7.10. The number of ketones is 1. The summed E-state index contributed by atoms with van der Waals surface area (Å²) in [6, 6.07) is 3.73. The number of rotatable bonds is 5. The predicted molar refractivity (Wildman–Crippen MR) is 72.8 cm³/mol. The van der Waals surface area contributed by atoms with Gasteiger partial charge in [0.1, 0.15) is 5.75 Å². The molecule has 0 saturated carbocycles. The largest absolute Gasteiger partial charge is 0.496 e. The molecule has 94 valence electrons. The van der Waals surface area contributed by atoms with Crippen LogP contribution < -0.4 is 10.5 Å². The van der Waals surface area contributed by atoms with Crippen LogP contribution >= 0.6 is 15.9 Å². The molecule has 1 aromatic rings. The number of carbonyl (C=O) groups is 1. The highest BCUT2D eigenvalue weighted by molar-refractivity contribution is 9.10. The molecule has 0 bridgehead atoms. The Morgan fingerprint density at radius 1 is 1.47 bits per heavy atom. The molecule has 0 aromatic heterocycles. The van der Waals surface area contributed by atoms with Gasteiger partial charge in [0.05, 0.1) is 7.11 Å². The second-order valence-corrected chi connectivity index (χ2v) is 5.10. The molecule has 17 heavy (non-hydrogen) atoms. The van der Waals surface area contributed by atoms with Crippen LogP contribution in [-0.4, -0.2) is 19.4 Å². The van der Waals surface area contributed by atoms with E-state index in [1.165, 1.54) is 0 Å². The number of halogens is 1. The van der Waals surface area contributed by atoms with Crippen molar-refractivity contribution in [2.45, 2.75) is 26.2 Å². The van der Waals surface area contributed by atoms with Crippen LogP contribution in [0.25, 0.3) is 0 Å². The van der Waals surface area contributed by atoms with Crippen molar-refractivity contribution in [2.75, 3.05) is 13.7 Å². The van der Waals surface area contributed by atoms with Gasteiger partial charge in [-0.25, -0.2) is 0 Å². The Bertz CT molecular complexity index is 416. The molecule has 0 atom stereocenters. The number of benzene rings is 1. The van der Waals surface area contributed by atoms with Gasteiger partial charge in [0.25, 0.3) is 0 Å². The highest BCUT2D eigenvalue weighted by Gasteiger charge is 2.18. The van der Waals surface area contributed by atoms with E-state index in [0.717, 1.165) is 15.8 Å². The average Bonchev–Trinajstić information content (AvgIpc) is 2.27. The second-order valence-electron chi connectivity index (χ2n) is 4.19. The van der Waals surface area contributed by atoms with Gasteiger partial charge < -0.3 is 10.5 Å². The van der Waals surface area contributed by atoms with Crippen LogP contribution in [0.2, 0.25) is 0 Å². The third-order valence-electron chi connectivity index (χ3n) is 2.58. The molecule has 1 rings (SSSR count). The number of methoxy groups -OCH3 is 1. The van der Waals surface area contributed by atoms with E-state index in [-0.39, 0.29) is 11.7 Å². The van der Waals surface area contributed by atoms with Crippen LogP contribution in [0, 0.1) is 0 Å². The molecule has 2 N–H and O–H groups in total. The second kappa shape index (κ2) is 6.17. The van der Waals surface area contributed by atoms with Crippen molar-refractivity contribution in [1.82, 2.24) is 0 Å². The van der Waals surface area contributed by atoms with E-state index in [0.29, 0.717) is 18.5 Å². The van der Waals surface area contributed by atoms with E-state index in [1.807, 2.05) is 26.0 Å². The Hall–Kier alpha value is -0.870. The summed E-state index contributed by atoms with van der Waals surface area (Å²) in [7, 11) is 1.62. The van der Waals surface area contributed by atoms with Gasteiger partial charge in [-0.05, 0) is 24.6 Å². The van der Waals surface area contributed by atoms with Crippen LogP contribution in [0.5, 0.6) is 5.75 Å². The summed E-state index contributed by atoms with van der Waals surface area (Å²) in [6.07, 6.45) is 0.360. The number of hydrogen-bond acceptors (Lipinski definition) is 3. The Kier molecular flexibility index (Phi) is 5.15. The third kappa shape index (κ3) is 3.30. The van der Waals surface area contributed by atoms with Crippen LogP contribution in [-0.2, 0) is 0 Å². The van der Waals surface area contributed by atoms with E-state index >= 15 is 0 Å². The molecule has 1 aromatic carbocycles. The van der Waals surface area contributed by atoms with Crippen molar-refractivity contribution >= 4 is 21.7 Å². The molecule has 0 spiro atoms. The number of ether oxygens (including phenoxy) is 1. The van der Waals surface area contributed by atoms with Crippen molar-refractivity contribution in [3.8, 4) is 5.75 Å². The SMILES string of the molecule is COc1cc(Br)cc(C(=O)CCN)c1C(C)C. The van der Waals surface area contributed by atoms with Crippen molar-refractivity contribution in [3.63, 3.8) is 0 Å². The molecule has 0 aliphatic heterocycles. The fraction of sp³-hybridized carbons (Fsp3) is 0.462. The van der Waals surface area contributed by atoms with E-state index < -0.39 is 0 Å². The zero-order valence-corrected chi connectivity index (χ0v) is 12.0. The fourth-order valence-corrected chi connectivity index (χ4v) is 2.29. The maximum Gasteiger partial charge on any atom is 0.164 e. The molecule has 0 radical (unpaired) electrons. The minimum atomic E-state index is 0.0656. The molecule has 0 fully saturated rings. The molecule has 0 heterocycles. The van der Waals surface area contributed by atoms with E-state index in [4.69, 9.17) is 10.5 Å². The topological polar surface area (TPSA) is 52.3 Å². The molecule has 4 heteroatoms.